The first-order chi connectivity index (χ1) is 5.93. The maximum Gasteiger partial charge on any atom is 0.0623 e. The summed E-state index contributed by atoms with van der Waals surface area (Å²) in [5.74, 6) is 6.02. The summed E-state index contributed by atoms with van der Waals surface area (Å²) in [4.78, 5) is 0. The fraction of sp³-hybridized carbons (Fsp3) is 1.00. The minimum absolute atomic E-state index is 0.0377. The number of nitrogens with two attached hydrogens (primary N) is 1. The van der Waals surface area contributed by atoms with Crippen molar-refractivity contribution < 1.29 is 4.74 Å². The van der Waals surface area contributed by atoms with Crippen molar-refractivity contribution in [2.24, 2.45) is 11.8 Å². The molecule has 0 fully saturated rings. The van der Waals surface area contributed by atoms with Crippen LogP contribution in [0.3, 0.4) is 0 Å². The van der Waals surface area contributed by atoms with E-state index < -0.39 is 0 Å². The maximum atomic E-state index is 5.45. The lowest BCUT2D eigenvalue weighted by Crippen LogP contribution is -2.40. The zero-order valence-electron chi connectivity index (χ0n) is 9.55. The van der Waals surface area contributed by atoms with Crippen molar-refractivity contribution >= 4 is 0 Å². The summed E-state index contributed by atoms with van der Waals surface area (Å²) in [6.45, 7) is 8.54. The molecule has 0 aliphatic carbocycles. The topological polar surface area (TPSA) is 47.3 Å². The monoisotopic (exact) mass is 188 g/mol. The van der Waals surface area contributed by atoms with E-state index in [1.807, 2.05) is 0 Å². The molecule has 0 aromatic heterocycles. The second kappa shape index (κ2) is 5.58. The third-order valence-electron chi connectivity index (χ3n) is 2.63. The van der Waals surface area contributed by atoms with Gasteiger partial charge in [-0.25, -0.2) is 0 Å². The molecule has 3 nitrogen and oxygen atoms in total. The molecule has 0 bridgehead atoms. The van der Waals surface area contributed by atoms with Crippen LogP contribution in [0.5, 0.6) is 0 Å². The van der Waals surface area contributed by atoms with Gasteiger partial charge in [0.25, 0.3) is 0 Å². The molecule has 0 aliphatic heterocycles. The Morgan fingerprint density at radius 1 is 1.38 bits per heavy atom. The summed E-state index contributed by atoms with van der Waals surface area (Å²) in [5, 5.41) is 0. The molecule has 0 saturated heterocycles. The predicted molar refractivity (Wildman–Crippen MR) is 56.3 cm³/mol. The van der Waals surface area contributed by atoms with Gasteiger partial charge in [-0.2, -0.15) is 0 Å². The zero-order chi connectivity index (χ0) is 10.5. The molecule has 3 heteroatoms. The number of rotatable bonds is 6. The largest absolute Gasteiger partial charge is 0.379 e. The Bertz CT molecular complexity index is 135. The van der Waals surface area contributed by atoms with Gasteiger partial charge in [-0.15, -0.1) is 0 Å². The van der Waals surface area contributed by atoms with E-state index in [4.69, 9.17) is 10.6 Å². The van der Waals surface area contributed by atoms with Crippen LogP contribution in [0, 0.1) is 5.92 Å². The Morgan fingerprint density at radius 2 is 1.92 bits per heavy atom. The second-order valence-electron chi connectivity index (χ2n) is 4.52. The van der Waals surface area contributed by atoms with Gasteiger partial charge in [-0.3, -0.25) is 11.3 Å². The van der Waals surface area contributed by atoms with E-state index in [1.165, 1.54) is 0 Å². The highest BCUT2D eigenvalue weighted by Crippen LogP contribution is 2.18. The second-order valence-corrected chi connectivity index (χ2v) is 4.52. The average Bonchev–Trinajstić information content (AvgIpc) is 2.05. The van der Waals surface area contributed by atoms with Crippen molar-refractivity contribution in [1.29, 1.82) is 0 Å². The van der Waals surface area contributed by atoms with Crippen LogP contribution in [0.25, 0.3) is 0 Å². The molecule has 0 aromatic carbocycles. The van der Waals surface area contributed by atoms with Gasteiger partial charge >= 0.3 is 0 Å². The summed E-state index contributed by atoms with van der Waals surface area (Å²) in [6, 6.07) is 0.384. The van der Waals surface area contributed by atoms with Crippen LogP contribution >= 0.6 is 0 Å². The fourth-order valence-corrected chi connectivity index (χ4v) is 1.21. The van der Waals surface area contributed by atoms with Crippen LogP contribution in [0.2, 0.25) is 0 Å². The highest BCUT2D eigenvalue weighted by Gasteiger charge is 2.20. The molecule has 0 aliphatic rings. The lowest BCUT2D eigenvalue weighted by Gasteiger charge is -2.27. The Balaban J connectivity index is 3.85. The lowest BCUT2D eigenvalue weighted by molar-refractivity contribution is 0.0106. The van der Waals surface area contributed by atoms with Crippen LogP contribution in [0.15, 0.2) is 0 Å². The van der Waals surface area contributed by atoms with E-state index >= 15 is 0 Å². The van der Waals surface area contributed by atoms with Crippen LogP contribution in [-0.4, -0.2) is 18.8 Å². The van der Waals surface area contributed by atoms with Crippen molar-refractivity contribution in [2.75, 3.05) is 7.11 Å². The summed E-state index contributed by atoms with van der Waals surface area (Å²) in [6.07, 6.45) is 2.07. The molecule has 0 spiro atoms. The molecular formula is C10H24N2O. The van der Waals surface area contributed by atoms with Crippen LogP contribution < -0.4 is 11.3 Å². The smallest absolute Gasteiger partial charge is 0.0623 e. The minimum Gasteiger partial charge on any atom is -0.379 e. The highest BCUT2D eigenvalue weighted by molar-refractivity contribution is 4.74. The van der Waals surface area contributed by atoms with Crippen molar-refractivity contribution in [3.63, 3.8) is 0 Å². The first-order valence-electron chi connectivity index (χ1n) is 4.94. The third kappa shape index (κ3) is 5.24. The van der Waals surface area contributed by atoms with Gasteiger partial charge in [0.15, 0.2) is 0 Å². The van der Waals surface area contributed by atoms with E-state index in [9.17, 15) is 0 Å². The summed E-state index contributed by atoms with van der Waals surface area (Å²) in [7, 11) is 1.75. The number of nitrogens with one attached hydrogen (secondary N) is 1. The molecule has 3 N–H and O–H groups in total. The van der Waals surface area contributed by atoms with E-state index in [1.54, 1.807) is 7.11 Å². The van der Waals surface area contributed by atoms with Gasteiger partial charge in [-0.1, -0.05) is 13.8 Å². The van der Waals surface area contributed by atoms with Crippen molar-refractivity contribution in [3.05, 3.63) is 0 Å². The molecule has 1 unspecified atom stereocenters. The molecule has 0 rings (SSSR count). The van der Waals surface area contributed by atoms with E-state index in [0.29, 0.717) is 12.0 Å². The SMILES string of the molecule is COC(C)(C)CCC(NN)C(C)C. The maximum absolute atomic E-state index is 5.45. The first kappa shape index (κ1) is 12.9. The number of hydrazine groups is 1. The van der Waals surface area contributed by atoms with Gasteiger partial charge in [-0.05, 0) is 32.6 Å². The molecular weight excluding hydrogens is 164 g/mol. The van der Waals surface area contributed by atoms with Gasteiger partial charge < -0.3 is 4.74 Å². The van der Waals surface area contributed by atoms with Gasteiger partial charge in [0, 0.05) is 13.2 Å². The number of hydrogen-bond donors (Lipinski definition) is 2. The lowest BCUT2D eigenvalue weighted by atomic mass is 9.93. The van der Waals surface area contributed by atoms with E-state index in [0.717, 1.165) is 12.8 Å². The molecule has 80 valence electrons. The Hall–Kier alpha value is -0.120. The highest BCUT2D eigenvalue weighted by atomic mass is 16.5. The van der Waals surface area contributed by atoms with Crippen molar-refractivity contribution in [3.8, 4) is 0 Å². The quantitative estimate of drug-likeness (QED) is 0.492. The average molecular weight is 188 g/mol. The number of hydrogen-bond acceptors (Lipinski definition) is 3. The number of methoxy groups -OCH3 is 1. The van der Waals surface area contributed by atoms with Gasteiger partial charge in [0.1, 0.15) is 0 Å². The van der Waals surface area contributed by atoms with Crippen molar-refractivity contribution in [1.82, 2.24) is 5.43 Å². The molecule has 13 heavy (non-hydrogen) atoms. The third-order valence-corrected chi connectivity index (χ3v) is 2.63. The minimum atomic E-state index is -0.0377. The molecule has 0 radical (unpaired) electrons. The number of ether oxygens (including phenoxy) is 1. The van der Waals surface area contributed by atoms with Crippen LogP contribution in [0.4, 0.5) is 0 Å². The normalized spacial score (nSPS) is 15.0. The molecule has 0 amide bonds. The van der Waals surface area contributed by atoms with E-state index in [2.05, 4.69) is 33.1 Å². The molecule has 0 saturated carbocycles. The molecule has 0 aromatic rings. The van der Waals surface area contributed by atoms with Crippen LogP contribution in [0.1, 0.15) is 40.5 Å². The Labute approximate surface area is 82.0 Å². The van der Waals surface area contributed by atoms with Gasteiger partial charge in [0.05, 0.1) is 5.60 Å². The first-order valence-corrected chi connectivity index (χ1v) is 4.94. The fourth-order valence-electron chi connectivity index (χ4n) is 1.21. The standard InChI is InChI=1S/C10H24N2O/c1-8(2)9(12-11)6-7-10(3,4)13-5/h8-9,12H,6-7,11H2,1-5H3. The molecule has 0 heterocycles. The predicted octanol–water partition coefficient (Wildman–Crippen LogP) is 1.68. The summed E-state index contributed by atoms with van der Waals surface area (Å²) in [5.41, 5.74) is 2.80. The van der Waals surface area contributed by atoms with Crippen molar-refractivity contribution in [2.45, 2.75) is 52.2 Å². The Kier molecular flexibility index (Phi) is 5.53. The molecule has 1 atom stereocenters. The van der Waals surface area contributed by atoms with E-state index in [-0.39, 0.29) is 5.60 Å². The van der Waals surface area contributed by atoms with Crippen LogP contribution in [-0.2, 0) is 4.74 Å². The summed E-state index contributed by atoms with van der Waals surface area (Å²) < 4.78 is 5.34. The van der Waals surface area contributed by atoms with Gasteiger partial charge in [0.2, 0.25) is 0 Å². The summed E-state index contributed by atoms with van der Waals surface area (Å²) >= 11 is 0. The zero-order valence-corrected chi connectivity index (χ0v) is 9.55. The Morgan fingerprint density at radius 3 is 2.23 bits per heavy atom.